The maximum atomic E-state index is 5.65. The van der Waals surface area contributed by atoms with Gasteiger partial charge in [-0.2, -0.15) is 0 Å². The second-order valence-electron chi connectivity index (χ2n) is 4.50. The largest absolute Gasteiger partial charge is 0.489 e. The Balaban J connectivity index is 2.28. The van der Waals surface area contributed by atoms with Crippen LogP contribution in [-0.4, -0.2) is 16.1 Å². The summed E-state index contributed by atoms with van der Waals surface area (Å²) in [6.07, 6.45) is 7.06. The van der Waals surface area contributed by atoms with Crippen molar-refractivity contribution in [3.8, 4) is 5.75 Å². The topological polar surface area (TPSA) is 73.1 Å². The molecule has 2 aromatic rings. The summed E-state index contributed by atoms with van der Waals surface area (Å²) in [5.41, 5.74) is 4.77. The highest BCUT2D eigenvalue weighted by Gasteiger charge is 2.13. The number of nitrogens with zero attached hydrogens (tertiary/aromatic N) is 2. The van der Waals surface area contributed by atoms with Crippen LogP contribution in [0.3, 0.4) is 0 Å². The van der Waals surface area contributed by atoms with E-state index in [1.807, 2.05) is 32.0 Å². The van der Waals surface area contributed by atoms with Gasteiger partial charge in [-0.05, 0) is 43.2 Å². The molecule has 0 saturated carbocycles. The molecule has 1 atom stereocenters. The van der Waals surface area contributed by atoms with Crippen molar-refractivity contribution in [1.29, 1.82) is 0 Å². The van der Waals surface area contributed by atoms with E-state index in [0.29, 0.717) is 0 Å². The zero-order valence-electron chi connectivity index (χ0n) is 11.1. The lowest BCUT2D eigenvalue weighted by Crippen LogP contribution is -2.29. The molecule has 0 aliphatic carbocycles. The molecular weight excluding hydrogens is 240 g/mol. The summed E-state index contributed by atoms with van der Waals surface area (Å²) in [6.45, 7) is 3.96. The molecule has 100 valence electrons. The lowest BCUT2D eigenvalue weighted by Gasteiger charge is -2.17. The van der Waals surface area contributed by atoms with Crippen molar-refractivity contribution in [3.05, 3.63) is 54.1 Å². The van der Waals surface area contributed by atoms with Gasteiger partial charge in [-0.3, -0.25) is 15.8 Å². The molecule has 0 bridgehead atoms. The van der Waals surface area contributed by atoms with Crippen LogP contribution in [0.4, 0.5) is 0 Å². The first-order chi connectivity index (χ1) is 9.20. The molecule has 1 unspecified atom stereocenters. The van der Waals surface area contributed by atoms with Crippen molar-refractivity contribution in [2.45, 2.75) is 26.0 Å². The average molecular weight is 258 g/mol. The molecule has 0 fully saturated rings. The molecule has 19 heavy (non-hydrogen) atoms. The highest BCUT2D eigenvalue weighted by atomic mass is 16.5. The van der Waals surface area contributed by atoms with E-state index in [1.165, 1.54) is 0 Å². The van der Waals surface area contributed by atoms with E-state index in [4.69, 9.17) is 10.6 Å². The Kier molecular flexibility index (Phi) is 4.43. The van der Waals surface area contributed by atoms with E-state index in [9.17, 15) is 0 Å². The number of hydrazine groups is 1. The minimum absolute atomic E-state index is 0.113. The first kappa shape index (κ1) is 13.5. The standard InChI is InChI=1S/C14H18N4O/c1-10(2)19-13-7-12(8-17-9-13)14(18-15)11-3-5-16-6-4-11/h3-10,14,18H,15H2,1-2H3. The van der Waals surface area contributed by atoms with Crippen LogP contribution in [0.25, 0.3) is 0 Å². The third-order valence-electron chi connectivity index (χ3n) is 2.65. The van der Waals surface area contributed by atoms with Gasteiger partial charge in [0.05, 0.1) is 18.3 Å². The van der Waals surface area contributed by atoms with Gasteiger partial charge in [0.2, 0.25) is 0 Å². The van der Waals surface area contributed by atoms with Gasteiger partial charge in [-0.25, -0.2) is 5.43 Å². The molecule has 0 radical (unpaired) electrons. The van der Waals surface area contributed by atoms with Crippen LogP contribution >= 0.6 is 0 Å². The number of ether oxygens (including phenoxy) is 1. The number of rotatable bonds is 5. The molecule has 0 spiro atoms. The van der Waals surface area contributed by atoms with Crippen LogP contribution in [0.5, 0.6) is 5.75 Å². The molecule has 0 aromatic carbocycles. The van der Waals surface area contributed by atoms with Crippen molar-refractivity contribution >= 4 is 0 Å². The molecule has 0 aliphatic heterocycles. The van der Waals surface area contributed by atoms with E-state index >= 15 is 0 Å². The molecule has 5 nitrogen and oxygen atoms in total. The van der Waals surface area contributed by atoms with Crippen molar-refractivity contribution in [1.82, 2.24) is 15.4 Å². The van der Waals surface area contributed by atoms with Crippen LogP contribution in [0, 0.1) is 0 Å². The average Bonchev–Trinajstić information content (AvgIpc) is 2.40. The maximum absolute atomic E-state index is 5.65. The van der Waals surface area contributed by atoms with Crippen molar-refractivity contribution < 1.29 is 4.74 Å². The minimum Gasteiger partial charge on any atom is -0.489 e. The molecule has 5 heteroatoms. The molecule has 0 amide bonds. The summed E-state index contributed by atoms with van der Waals surface area (Å²) < 4.78 is 5.64. The predicted molar refractivity (Wildman–Crippen MR) is 73.4 cm³/mol. The molecule has 3 N–H and O–H groups in total. The molecule has 2 heterocycles. The number of pyridine rings is 2. The zero-order valence-corrected chi connectivity index (χ0v) is 11.1. The highest BCUT2D eigenvalue weighted by Crippen LogP contribution is 2.23. The Morgan fingerprint density at radius 1 is 1.11 bits per heavy atom. The Bertz CT molecular complexity index is 516. The van der Waals surface area contributed by atoms with E-state index in [1.54, 1.807) is 24.8 Å². The molecule has 0 aliphatic rings. The summed E-state index contributed by atoms with van der Waals surface area (Å²) in [5.74, 6) is 6.39. The monoisotopic (exact) mass is 258 g/mol. The number of hydrogen-bond donors (Lipinski definition) is 2. The number of aromatic nitrogens is 2. The SMILES string of the molecule is CC(C)Oc1cncc(C(NN)c2ccncc2)c1. The summed E-state index contributed by atoms with van der Waals surface area (Å²) in [6, 6.07) is 5.64. The summed E-state index contributed by atoms with van der Waals surface area (Å²) in [4.78, 5) is 8.20. The Morgan fingerprint density at radius 3 is 2.47 bits per heavy atom. The van der Waals surface area contributed by atoms with Crippen LogP contribution in [0.15, 0.2) is 43.0 Å². The van der Waals surface area contributed by atoms with Crippen molar-refractivity contribution in [2.24, 2.45) is 5.84 Å². The fourth-order valence-corrected chi connectivity index (χ4v) is 1.87. The van der Waals surface area contributed by atoms with Gasteiger partial charge in [0, 0.05) is 18.6 Å². The van der Waals surface area contributed by atoms with E-state index in [0.717, 1.165) is 16.9 Å². The van der Waals surface area contributed by atoms with Gasteiger partial charge in [0.1, 0.15) is 5.75 Å². The first-order valence-corrected chi connectivity index (χ1v) is 6.18. The normalized spacial score (nSPS) is 12.4. The van der Waals surface area contributed by atoms with Gasteiger partial charge in [-0.15, -0.1) is 0 Å². The Hall–Kier alpha value is -1.98. The first-order valence-electron chi connectivity index (χ1n) is 6.18. The van der Waals surface area contributed by atoms with Crippen LogP contribution in [0.1, 0.15) is 31.0 Å². The zero-order chi connectivity index (χ0) is 13.7. The third-order valence-corrected chi connectivity index (χ3v) is 2.65. The lowest BCUT2D eigenvalue weighted by molar-refractivity contribution is 0.241. The van der Waals surface area contributed by atoms with Gasteiger partial charge in [0.15, 0.2) is 0 Å². The van der Waals surface area contributed by atoms with Crippen molar-refractivity contribution in [3.63, 3.8) is 0 Å². The van der Waals surface area contributed by atoms with Gasteiger partial charge >= 0.3 is 0 Å². The van der Waals surface area contributed by atoms with E-state index < -0.39 is 0 Å². The Labute approximate surface area is 112 Å². The number of nitrogens with two attached hydrogens (primary N) is 1. The number of nitrogens with one attached hydrogen (secondary N) is 1. The smallest absolute Gasteiger partial charge is 0.138 e. The van der Waals surface area contributed by atoms with Crippen LogP contribution in [-0.2, 0) is 0 Å². The molecular formula is C14H18N4O. The summed E-state index contributed by atoms with van der Waals surface area (Å²) in [5, 5.41) is 0. The number of hydrogen-bond acceptors (Lipinski definition) is 5. The van der Waals surface area contributed by atoms with E-state index in [2.05, 4.69) is 15.4 Å². The summed E-state index contributed by atoms with van der Waals surface area (Å²) >= 11 is 0. The van der Waals surface area contributed by atoms with Gasteiger partial charge in [-0.1, -0.05) is 0 Å². The highest BCUT2D eigenvalue weighted by molar-refractivity contribution is 5.33. The molecule has 2 aromatic heterocycles. The molecule has 2 rings (SSSR count). The van der Waals surface area contributed by atoms with Gasteiger partial charge in [0.25, 0.3) is 0 Å². The fourth-order valence-electron chi connectivity index (χ4n) is 1.87. The third kappa shape index (κ3) is 3.49. The second kappa shape index (κ2) is 6.26. The fraction of sp³-hybridized carbons (Fsp3) is 0.286. The van der Waals surface area contributed by atoms with Gasteiger partial charge < -0.3 is 4.74 Å². The maximum Gasteiger partial charge on any atom is 0.138 e. The molecule has 0 saturated heterocycles. The van der Waals surface area contributed by atoms with Crippen LogP contribution < -0.4 is 16.0 Å². The second-order valence-corrected chi connectivity index (χ2v) is 4.50. The predicted octanol–water partition coefficient (Wildman–Crippen LogP) is 1.82. The summed E-state index contributed by atoms with van der Waals surface area (Å²) in [7, 11) is 0. The Morgan fingerprint density at radius 2 is 1.84 bits per heavy atom. The lowest BCUT2D eigenvalue weighted by atomic mass is 10.0. The van der Waals surface area contributed by atoms with Crippen LogP contribution in [0.2, 0.25) is 0 Å². The quantitative estimate of drug-likeness (QED) is 0.632. The van der Waals surface area contributed by atoms with E-state index in [-0.39, 0.29) is 12.1 Å². The minimum atomic E-state index is -0.133. The van der Waals surface area contributed by atoms with Crippen molar-refractivity contribution in [2.75, 3.05) is 0 Å².